The van der Waals surface area contributed by atoms with Gasteiger partial charge in [0.2, 0.25) is 0 Å². The lowest BCUT2D eigenvalue weighted by Gasteiger charge is -2.12. The molecular weight excluding hydrogens is 300 g/mol. The lowest BCUT2D eigenvalue weighted by molar-refractivity contribution is 0.0697. The second kappa shape index (κ2) is 5.70. The molecule has 0 aromatic heterocycles. The highest BCUT2D eigenvalue weighted by Crippen LogP contribution is 2.36. The molecule has 110 valence electrons. The molecule has 0 spiro atoms. The molecule has 0 atom stereocenters. The summed E-state index contributed by atoms with van der Waals surface area (Å²) in [7, 11) is 1.59. The summed E-state index contributed by atoms with van der Waals surface area (Å²) in [6.45, 7) is 0. The normalized spacial score (nSPS) is 10.6. The van der Waals surface area contributed by atoms with Crippen molar-refractivity contribution in [1.29, 1.82) is 0 Å². The van der Waals surface area contributed by atoms with Gasteiger partial charge in [-0.25, -0.2) is 4.79 Å². The second-order valence-electron chi connectivity index (χ2n) is 4.89. The van der Waals surface area contributed by atoms with Gasteiger partial charge < -0.3 is 9.84 Å². The number of rotatable bonds is 3. The molecule has 0 saturated carbocycles. The average molecular weight is 313 g/mol. The van der Waals surface area contributed by atoms with Crippen LogP contribution in [-0.4, -0.2) is 18.2 Å². The smallest absolute Gasteiger partial charge is 0.335 e. The molecule has 3 nitrogen and oxygen atoms in total. The van der Waals surface area contributed by atoms with E-state index >= 15 is 0 Å². The van der Waals surface area contributed by atoms with E-state index in [0.29, 0.717) is 10.8 Å². The van der Waals surface area contributed by atoms with Gasteiger partial charge >= 0.3 is 5.97 Å². The quantitative estimate of drug-likeness (QED) is 0.750. The summed E-state index contributed by atoms with van der Waals surface area (Å²) < 4.78 is 5.41. The second-order valence-corrected chi connectivity index (χ2v) is 5.33. The summed E-state index contributed by atoms with van der Waals surface area (Å²) in [5.74, 6) is -0.291. The number of hydrogen-bond donors (Lipinski definition) is 1. The predicted octanol–water partition coefficient (Wildman–Crippen LogP) is 4.87. The number of benzene rings is 3. The Morgan fingerprint density at radius 1 is 1.05 bits per heavy atom. The Bertz CT molecular complexity index is 871. The van der Waals surface area contributed by atoms with Crippen LogP contribution in [-0.2, 0) is 0 Å². The number of halogens is 1. The highest BCUT2D eigenvalue weighted by atomic mass is 35.5. The van der Waals surface area contributed by atoms with Gasteiger partial charge in [-0.2, -0.15) is 0 Å². The average Bonchev–Trinajstić information content (AvgIpc) is 2.53. The molecular formula is C18H13ClO3. The monoisotopic (exact) mass is 312 g/mol. The minimum atomic E-state index is -0.945. The van der Waals surface area contributed by atoms with Crippen LogP contribution in [0.4, 0.5) is 0 Å². The van der Waals surface area contributed by atoms with Crippen molar-refractivity contribution in [3.63, 3.8) is 0 Å². The van der Waals surface area contributed by atoms with Gasteiger partial charge in [0.05, 0.1) is 12.7 Å². The SMILES string of the molecule is COc1cc(Cl)ccc1-c1cccc2ccc(C(=O)O)cc12. The van der Waals surface area contributed by atoms with Gasteiger partial charge in [-0.15, -0.1) is 0 Å². The summed E-state index contributed by atoms with van der Waals surface area (Å²) in [4.78, 5) is 11.2. The fourth-order valence-electron chi connectivity index (χ4n) is 2.53. The van der Waals surface area contributed by atoms with Gasteiger partial charge in [0.25, 0.3) is 0 Å². The number of ether oxygens (including phenoxy) is 1. The fraction of sp³-hybridized carbons (Fsp3) is 0.0556. The van der Waals surface area contributed by atoms with E-state index in [9.17, 15) is 9.90 Å². The van der Waals surface area contributed by atoms with Crippen LogP contribution in [0.15, 0.2) is 54.6 Å². The summed E-state index contributed by atoms with van der Waals surface area (Å²) >= 11 is 6.01. The van der Waals surface area contributed by atoms with Crippen molar-refractivity contribution >= 4 is 28.3 Å². The first kappa shape index (κ1) is 14.4. The summed E-state index contributed by atoms with van der Waals surface area (Å²) in [5, 5.41) is 11.6. The number of methoxy groups -OCH3 is 1. The molecule has 0 unspecified atom stereocenters. The van der Waals surface area contributed by atoms with E-state index in [1.165, 1.54) is 0 Å². The number of carboxylic acid groups (broad SMARTS) is 1. The number of hydrogen-bond acceptors (Lipinski definition) is 2. The van der Waals surface area contributed by atoms with Crippen LogP contribution >= 0.6 is 11.6 Å². The van der Waals surface area contributed by atoms with Crippen LogP contribution in [0.25, 0.3) is 21.9 Å². The highest BCUT2D eigenvalue weighted by Gasteiger charge is 2.12. The van der Waals surface area contributed by atoms with E-state index in [2.05, 4.69) is 0 Å². The van der Waals surface area contributed by atoms with Crippen molar-refractivity contribution in [2.24, 2.45) is 0 Å². The summed E-state index contributed by atoms with van der Waals surface area (Å²) in [6.07, 6.45) is 0. The molecule has 0 heterocycles. The zero-order chi connectivity index (χ0) is 15.7. The maximum atomic E-state index is 11.2. The third-order valence-electron chi connectivity index (χ3n) is 3.58. The molecule has 0 bridgehead atoms. The third-order valence-corrected chi connectivity index (χ3v) is 3.82. The lowest BCUT2D eigenvalue weighted by Crippen LogP contribution is -1.96. The van der Waals surface area contributed by atoms with Gasteiger partial charge in [-0.3, -0.25) is 0 Å². The molecule has 0 fully saturated rings. The zero-order valence-electron chi connectivity index (χ0n) is 11.8. The van der Waals surface area contributed by atoms with E-state index in [4.69, 9.17) is 16.3 Å². The van der Waals surface area contributed by atoms with Gasteiger partial charge in [0.1, 0.15) is 5.75 Å². The Labute approximate surface area is 132 Å². The molecule has 22 heavy (non-hydrogen) atoms. The Kier molecular flexibility index (Phi) is 3.73. The van der Waals surface area contributed by atoms with Crippen molar-refractivity contribution in [3.8, 4) is 16.9 Å². The highest BCUT2D eigenvalue weighted by molar-refractivity contribution is 6.30. The molecule has 3 aromatic carbocycles. The van der Waals surface area contributed by atoms with E-state index < -0.39 is 5.97 Å². The lowest BCUT2D eigenvalue weighted by atomic mass is 9.96. The van der Waals surface area contributed by atoms with Crippen molar-refractivity contribution in [3.05, 3.63) is 65.2 Å². The molecule has 0 aliphatic heterocycles. The van der Waals surface area contributed by atoms with Crippen LogP contribution in [0, 0.1) is 0 Å². The largest absolute Gasteiger partial charge is 0.496 e. The minimum absolute atomic E-state index is 0.257. The van der Waals surface area contributed by atoms with Crippen LogP contribution in [0.5, 0.6) is 5.75 Å². The van der Waals surface area contributed by atoms with Gasteiger partial charge in [-0.1, -0.05) is 35.9 Å². The van der Waals surface area contributed by atoms with Crippen molar-refractivity contribution in [2.75, 3.05) is 7.11 Å². The van der Waals surface area contributed by atoms with E-state index in [1.54, 1.807) is 31.4 Å². The first-order valence-electron chi connectivity index (χ1n) is 6.70. The van der Waals surface area contributed by atoms with E-state index in [-0.39, 0.29) is 5.56 Å². The molecule has 0 amide bonds. The molecule has 0 saturated heterocycles. The molecule has 3 rings (SSSR count). The Morgan fingerprint density at radius 2 is 1.86 bits per heavy atom. The molecule has 4 heteroatoms. The fourth-order valence-corrected chi connectivity index (χ4v) is 2.69. The van der Waals surface area contributed by atoms with Gasteiger partial charge in [0.15, 0.2) is 0 Å². The molecule has 0 radical (unpaired) electrons. The number of fused-ring (bicyclic) bond motifs is 1. The van der Waals surface area contributed by atoms with Gasteiger partial charge in [0, 0.05) is 10.6 Å². The van der Waals surface area contributed by atoms with Crippen LogP contribution in [0.2, 0.25) is 5.02 Å². The number of carbonyl (C=O) groups is 1. The Balaban J connectivity index is 2.31. The van der Waals surface area contributed by atoms with Crippen molar-refractivity contribution in [1.82, 2.24) is 0 Å². The molecule has 0 aliphatic carbocycles. The Hall–Kier alpha value is -2.52. The molecule has 3 aromatic rings. The van der Waals surface area contributed by atoms with Gasteiger partial charge in [-0.05, 0) is 46.7 Å². The first-order chi connectivity index (χ1) is 10.6. The zero-order valence-corrected chi connectivity index (χ0v) is 12.6. The molecule has 0 aliphatic rings. The number of carboxylic acids is 1. The summed E-state index contributed by atoms with van der Waals surface area (Å²) in [6, 6.07) is 16.3. The Morgan fingerprint density at radius 3 is 2.59 bits per heavy atom. The predicted molar refractivity (Wildman–Crippen MR) is 87.9 cm³/mol. The maximum Gasteiger partial charge on any atom is 0.335 e. The third kappa shape index (κ3) is 2.51. The first-order valence-corrected chi connectivity index (χ1v) is 7.08. The molecule has 1 N–H and O–H groups in total. The van der Waals surface area contributed by atoms with E-state index in [0.717, 1.165) is 21.9 Å². The topological polar surface area (TPSA) is 46.5 Å². The minimum Gasteiger partial charge on any atom is -0.496 e. The summed E-state index contributed by atoms with van der Waals surface area (Å²) in [5.41, 5.74) is 2.04. The van der Waals surface area contributed by atoms with Crippen molar-refractivity contribution in [2.45, 2.75) is 0 Å². The van der Waals surface area contributed by atoms with Crippen LogP contribution in [0.3, 0.4) is 0 Å². The number of aromatic carboxylic acids is 1. The van der Waals surface area contributed by atoms with Crippen LogP contribution in [0.1, 0.15) is 10.4 Å². The van der Waals surface area contributed by atoms with E-state index in [1.807, 2.05) is 30.3 Å². The van der Waals surface area contributed by atoms with Crippen molar-refractivity contribution < 1.29 is 14.6 Å². The maximum absolute atomic E-state index is 11.2. The standard InChI is InChI=1S/C18H13ClO3/c1-22-17-10-13(19)7-8-15(17)14-4-2-3-11-5-6-12(18(20)21)9-16(11)14/h2-10H,1H3,(H,20,21). The van der Waals surface area contributed by atoms with Crippen LogP contribution < -0.4 is 4.74 Å².